The molecule has 1 unspecified atom stereocenters. The Bertz CT molecular complexity index is 455. The maximum atomic E-state index is 12.4. The summed E-state index contributed by atoms with van der Waals surface area (Å²) in [7, 11) is 0. The molecule has 2 aliphatic heterocycles. The molecular weight excluding hydrogens is 329 g/mol. The van der Waals surface area contributed by atoms with Gasteiger partial charge in [0.05, 0.1) is 11.2 Å². The van der Waals surface area contributed by atoms with Crippen molar-refractivity contribution in [2.45, 2.75) is 38.6 Å². The van der Waals surface area contributed by atoms with Crippen LogP contribution < -0.4 is 5.32 Å². The number of hydrogen-bond acceptors (Lipinski definition) is 4. The van der Waals surface area contributed by atoms with Gasteiger partial charge in [0.1, 0.15) is 4.88 Å². The van der Waals surface area contributed by atoms with Crippen LogP contribution >= 0.6 is 36.2 Å². The highest BCUT2D eigenvalue weighted by Gasteiger charge is 2.30. The number of halogens is 2. The van der Waals surface area contributed by atoms with Crippen molar-refractivity contribution in [1.82, 2.24) is 15.2 Å². The number of rotatable bonds is 2. The molecule has 7 heteroatoms. The molecule has 1 N–H and O–H groups in total. The van der Waals surface area contributed by atoms with E-state index in [0.29, 0.717) is 6.04 Å². The lowest BCUT2D eigenvalue weighted by molar-refractivity contribution is 0.0678. The molecule has 1 amide bonds. The minimum Gasteiger partial charge on any atom is -0.338 e. The zero-order chi connectivity index (χ0) is 13.2. The zero-order valence-electron chi connectivity index (χ0n) is 12.2. The second-order valence-electron chi connectivity index (χ2n) is 5.60. The van der Waals surface area contributed by atoms with Crippen LogP contribution in [0.15, 0.2) is 5.51 Å². The van der Waals surface area contributed by atoms with Gasteiger partial charge < -0.3 is 10.2 Å². The van der Waals surface area contributed by atoms with Crippen molar-refractivity contribution in [1.29, 1.82) is 0 Å². The number of hydrogen-bond donors (Lipinski definition) is 1. The Morgan fingerprint density at radius 1 is 1.33 bits per heavy atom. The van der Waals surface area contributed by atoms with E-state index in [9.17, 15) is 4.79 Å². The molecule has 1 aromatic heterocycles. The van der Waals surface area contributed by atoms with Crippen molar-refractivity contribution >= 4 is 42.1 Å². The van der Waals surface area contributed by atoms with Gasteiger partial charge >= 0.3 is 0 Å². The first kappa shape index (κ1) is 18.7. The predicted octanol–water partition coefficient (Wildman–Crippen LogP) is 2.90. The van der Waals surface area contributed by atoms with Crippen molar-refractivity contribution in [2.75, 3.05) is 19.6 Å². The van der Waals surface area contributed by atoms with E-state index in [0.717, 1.165) is 42.4 Å². The fourth-order valence-corrected chi connectivity index (χ4v) is 4.04. The van der Waals surface area contributed by atoms with Gasteiger partial charge in [-0.2, -0.15) is 0 Å². The highest BCUT2D eigenvalue weighted by molar-refractivity contribution is 7.11. The molecule has 2 saturated heterocycles. The first-order valence-corrected chi connectivity index (χ1v) is 8.06. The Morgan fingerprint density at radius 2 is 2.05 bits per heavy atom. The average molecular weight is 352 g/mol. The Balaban J connectivity index is 0.00000110. The molecule has 4 nitrogen and oxygen atoms in total. The second-order valence-corrected chi connectivity index (χ2v) is 6.45. The number of piperidine rings is 1. The summed E-state index contributed by atoms with van der Waals surface area (Å²) in [5, 5.41) is 3.60. The van der Waals surface area contributed by atoms with E-state index in [2.05, 4.69) is 10.3 Å². The summed E-state index contributed by atoms with van der Waals surface area (Å²) in [6, 6.07) is 0.697. The van der Waals surface area contributed by atoms with Gasteiger partial charge in [0.15, 0.2) is 0 Å². The van der Waals surface area contributed by atoms with E-state index in [4.69, 9.17) is 0 Å². The Kier molecular flexibility index (Phi) is 7.40. The smallest absolute Gasteiger partial charge is 0.265 e. The molecule has 3 rings (SSSR count). The van der Waals surface area contributed by atoms with Gasteiger partial charge in [0.2, 0.25) is 0 Å². The summed E-state index contributed by atoms with van der Waals surface area (Å²) in [6.45, 7) is 4.89. The third-order valence-corrected chi connectivity index (χ3v) is 5.35. The predicted molar refractivity (Wildman–Crippen MR) is 91.0 cm³/mol. The zero-order valence-corrected chi connectivity index (χ0v) is 14.7. The van der Waals surface area contributed by atoms with Crippen molar-refractivity contribution < 1.29 is 4.79 Å². The van der Waals surface area contributed by atoms with Gasteiger partial charge in [0, 0.05) is 19.1 Å². The van der Waals surface area contributed by atoms with Crippen molar-refractivity contribution in [3.8, 4) is 0 Å². The van der Waals surface area contributed by atoms with Gasteiger partial charge in [-0.15, -0.1) is 36.2 Å². The summed E-state index contributed by atoms with van der Waals surface area (Å²) >= 11 is 1.46. The summed E-state index contributed by atoms with van der Waals surface area (Å²) in [5.41, 5.74) is 2.63. The Hall–Kier alpha value is -0.360. The number of aromatic nitrogens is 1. The Morgan fingerprint density at radius 3 is 2.57 bits per heavy atom. The molecule has 0 saturated carbocycles. The lowest BCUT2D eigenvalue weighted by atomic mass is 9.88. The highest BCUT2D eigenvalue weighted by Crippen LogP contribution is 2.27. The number of likely N-dealkylation sites (tertiary alicyclic amines) is 1. The maximum absolute atomic E-state index is 12.4. The van der Waals surface area contributed by atoms with E-state index in [-0.39, 0.29) is 30.7 Å². The van der Waals surface area contributed by atoms with E-state index < -0.39 is 0 Å². The quantitative estimate of drug-likeness (QED) is 0.890. The van der Waals surface area contributed by atoms with Crippen molar-refractivity contribution in [3.63, 3.8) is 0 Å². The molecule has 0 aliphatic carbocycles. The first-order chi connectivity index (χ1) is 9.25. The molecule has 3 heterocycles. The molecule has 0 aromatic carbocycles. The summed E-state index contributed by atoms with van der Waals surface area (Å²) in [5.74, 6) is 0.937. The van der Waals surface area contributed by atoms with Gasteiger partial charge in [-0.3, -0.25) is 4.79 Å². The highest BCUT2D eigenvalue weighted by atomic mass is 35.5. The van der Waals surface area contributed by atoms with E-state index in [1.54, 1.807) is 5.51 Å². The van der Waals surface area contributed by atoms with E-state index >= 15 is 0 Å². The monoisotopic (exact) mass is 351 g/mol. The van der Waals surface area contributed by atoms with Crippen molar-refractivity contribution in [3.05, 3.63) is 16.1 Å². The van der Waals surface area contributed by atoms with Crippen molar-refractivity contribution in [2.24, 2.45) is 5.92 Å². The molecule has 1 aromatic rings. The number of nitrogens with zero attached hydrogens (tertiary/aromatic N) is 2. The molecular formula is C14H23Cl2N3OS. The van der Waals surface area contributed by atoms with Crippen LogP contribution in [0.2, 0.25) is 0 Å². The molecule has 0 spiro atoms. The Labute approximate surface area is 142 Å². The standard InChI is InChI=1S/C14H21N3OS.2ClH/c1-10-13(19-9-16-10)14(18)17-7-4-11(5-8-17)12-3-2-6-15-12;;/h9,11-12,15H,2-8H2,1H3;2*1H. The minimum absolute atomic E-state index is 0. The minimum atomic E-state index is 0. The number of amides is 1. The molecule has 0 bridgehead atoms. The summed E-state index contributed by atoms with van der Waals surface area (Å²) in [6.07, 6.45) is 4.90. The van der Waals surface area contributed by atoms with Crippen LogP contribution in [0.25, 0.3) is 0 Å². The van der Waals surface area contributed by atoms with E-state index in [1.165, 1.54) is 30.7 Å². The third kappa shape index (κ3) is 4.09. The number of aryl methyl sites for hydroxylation is 1. The second kappa shape index (κ2) is 8.32. The van der Waals surface area contributed by atoms with Gasteiger partial charge in [-0.25, -0.2) is 4.98 Å². The number of thiazole rings is 1. The number of carbonyl (C=O) groups excluding carboxylic acids is 1. The van der Waals surface area contributed by atoms with Gasteiger partial charge in [-0.1, -0.05) is 0 Å². The summed E-state index contributed by atoms with van der Waals surface area (Å²) in [4.78, 5) is 19.4. The van der Waals surface area contributed by atoms with Crippen LogP contribution in [0.1, 0.15) is 41.0 Å². The van der Waals surface area contributed by atoms with Crippen LogP contribution in [0.3, 0.4) is 0 Å². The third-order valence-electron chi connectivity index (χ3n) is 4.43. The summed E-state index contributed by atoms with van der Waals surface area (Å²) < 4.78 is 0. The average Bonchev–Trinajstić information content (AvgIpc) is 3.09. The van der Waals surface area contributed by atoms with Gasteiger partial charge in [0.25, 0.3) is 5.91 Å². The van der Waals surface area contributed by atoms with Crippen LogP contribution in [0, 0.1) is 12.8 Å². The lowest BCUT2D eigenvalue weighted by Gasteiger charge is -2.34. The van der Waals surface area contributed by atoms with Crippen LogP contribution in [0.4, 0.5) is 0 Å². The van der Waals surface area contributed by atoms with Crippen LogP contribution in [-0.2, 0) is 0 Å². The maximum Gasteiger partial charge on any atom is 0.265 e. The molecule has 21 heavy (non-hydrogen) atoms. The SMILES string of the molecule is Cc1ncsc1C(=O)N1CCC(C2CCCN2)CC1.Cl.Cl. The fourth-order valence-electron chi connectivity index (χ4n) is 3.27. The number of carbonyl (C=O) groups is 1. The fraction of sp³-hybridized carbons (Fsp3) is 0.714. The molecule has 0 radical (unpaired) electrons. The molecule has 2 aliphatic rings. The molecule has 120 valence electrons. The topological polar surface area (TPSA) is 45.2 Å². The molecule has 1 atom stereocenters. The molecule has 2 fully saturated rings. The largest absolute Gasteiger partial charge is 0.338 e. The van der Waals surface area contributed by atoms with E-state index in [1.807, 2.05) is 11.8 Å². The number of nitrogens with one attached hydrogen (secondary N) is 1. The normalized spacial score (nSPS) is 22.5. The lowest BCUT2D eigenvalue weighted by Crippen LogP contribution is -2.43. The first-order valence-electron chi connectivity index (χ1n) is 7.18. The van der Waals surface area contributed by atoms with Crippen LogP contribution in [-0.4, -0.2) is 41.5 Å². The van der Waals surface area contributed by atoms with Gasteiger partial charge in [-0.05, 0) is 45.1 Å². The van der Waals surface area contributed by atoms with Crippen LogP contribution in [0.5, 0.6) is 0 Å².